The third-order valence-corrected chi connectivity index (χ3v) is 2.30. The van der Waals surface area contributed by atoms with Crippen LogP contribution in [0.4, 0.5) is 0 Å². The number of rotatable bonds is 6. The number of aliphatic hydroxyl groups excluding tert-OH is 1. The standard InChI is InChI=1S/C12H19NO4/c1-8-4-10(15-2)12(11(5-8)16-3)17-7-9(14)6-13/h4-5,9,14H,6-7,13H2,1-3H3/t9-/m0/s1. The van der Waals surface area contributed by atoms with Gasteiger partial charge in [0.25, 0.3) is 0 Å². The number of aliphatic hydroxyl groups is 1. The van der Waals surface area contributed by atoms with Crippen LogP contribution < -0.4 is 19.9 Å². The molecule has 96 valence electrons. The zero-order valence-corrected chi connectivity index (χ0v) is 10.4. The predicted molar refractivity (Wildman–Crippen MR) is 64.8 cm³/mol. The molecule has 17 heavy (non-hydrogen) atoms. The second kappa shape index (κ2) is 6.32. The van der Waals surface area contributed by atoms with E-state index in [1.807, 2.05) is 19.1 Å². The highest BCUT2D eigenvalue weighted by atomic mass is 16.5. The molecule has 0 saturated carbocycles. The molecular formula is C12H19NO4. The summed E-state index contributed by atoms with van der Waals surface area (Å²) < 4.78 is 15.9. The Labute approximate surface area is 101 Å². The Balaban J connectivity index is 2.94. The van der Waals surface area contributed by atoms with E-state index in [1.165, 1.54) is 0 Å². The molecule has 1 atom stereocenters. The van der Waals surface area contributed by atoms with Crippen LogP contribution in [0.15, 0.2) is 12.1 Å². The third kappa shape index (κ3) is 3.51. The summed E-state index contributed by atoms with van der Waals surface area (Å²) in [7, 11) is 3.11. The van der Waals surface area contributed by atoms with E-state index in [1.54, 1.807) is 14.2 Å². The molecule has 0 heterocycles. The molecule has 0 amide bonds. The first-order valence-electron chi connectivity index (χ1n) is 5.36. The summed E-state index contributed by atoms with van der Waals surface area (Å²) in [6.45, 7) is 2.19. The molecule has 1 aromatic rings. The Morgan fingerprint density at radius 1 is 1.24 bits per heavy atom. The number of hydrogen-bond acceptors (Lipinski definition) is 5. The third-order valence-electron chi connectivity index (χ3n) is 2.30. The van der Waals surface area contributed by atoms with Crippen molar-refractivity contribution in [1.82, 2.24) is 0 Å². The Kier molecular flexibility index (Phi) is 5.06. The van der Waals surface area contributed by atoms with Gasteiger partial charge in [-0.1, -0.05) is 0 Å². The lowest BCUT2D eigenvalue weighted by Crippen LogP contribution is -2.26. The van der Waals surface area contributed by atoms with Gasteiger partial charge in [0.05, 0.1) is 14.2 Å². The Morgan fingerprint density at radius 2 is 1.76 bits per heavy atom. The minimum Gasteiger partial charge on any atom is -0.493 e. The topological polar surface area (TPSA) is 73.9 Å². The maximum absolute atomic E-state index is 9.37. The number of nitrogens with two attached hydrogens (primary N) is 1. The average Bonchev–Trinajstić information content (AvgIpc) is 2.35. The molecule has 5 heteroatoms. The molecule has 0 bridgehead atoms. The van der Waals surface area contributed by atoms with E-state index in [9.17, 15) is 5.11 Å². The number of aryl methyl sites for hydroxylation is 1. The van der Waals surface area contributed by atoms with Gasteiger partial charge >= 0.3 is 0 Å². The molecule has 0 aliphatic carbocycles. The SMILES string of the molecule is COc1cc(C)cc(OC)c1OC[C@@H](O)CN. The molecule has 5 nitrogen and oxygen atoms in total. The van der Waals surface area contributed by atoms with Crippen LogP contribution in [0, 0.1) is 6.92 Å². The fourth-order valence-electron chi connectivity index (χ4n) is 1.40. The summed E-state index contributed by atoms with van der Waals surface area (Å²) in [6, 6.07) is 3.68. The lowest BCUT2D eigenvalue weighted by Gasteiger charge is -2.16. The van der Waals surface area contributed by atoms with Crippen LogP contribution in [-0.4, -0.2) is 38.6 Å². The second-order valence-electron chi connectivity index (χ2n) is 3.70. The van der Waals surface area contributed by atoms with Crippen molar-refractivity contribution in [2.45, 2.75) is 13.0 Å². The zero-order valence-electron chi connectivity index (χ0n) is 10.4. The summed E-state index contributed by atoms with van der Waals surface area (Å²) in [5, 5.41) is 9.37. The van der Waals surface area contributed by atoms with E-state index in [-0.39, 0.29) is 13.2 Å². The van der Waals surface area contributed by atoms with E-state index in [0.717, 1.165) is 5.56 Å². The molecule has 0 unspecified atom stereocenters. The van der Waals surface area contributed by atoms with Crippen molar-refractivity contribution in [2.24, 2.45) is 5.73 Å². The number of ether oxygens (including phenoxy) is 3. The molecule has 0 spiro atoms. The van der Waals surface area contributed by atoms with E-state index >= 15 is 0 Å². The van der Waals surface area contributed by atoms with Gasteiger partial charge in [0.15, 0.2) is 11.5 Å². The Morgan fingerprint density at radius 3 is 2.18 bits per heavy atom. The van der Waals surface area contributed by atoms with Crippen LogP contribution in [0.3, 0.4) is 0 Å². The van der Waals surface area contributed by atoms with Gasteiger partial charge in [-0.15, -0.1) is 0 Å². The maximum atomic E-state index is 9.37. The maximum Gasteiger partial charge on any atom is 0.203 e. The van der Waals surface area contributed by atoms with Gasteiger partial charge in [-0.25, -0.2) is 0 Å². The second-order valence-corrected chi connectivity index (χ2v) is 3.70. The van der Waals surface area contributed by atoms with E-state index in [0.29, 0.717) is 17.2 Å². The quantitative estimate of drug-likeness (QED) is 0.767. The molecule has 0 fully saturated rings. The molecule has 3 N–H and O–H groups in total. The van der Waals surface area contributed by atoms with Gasteiger partial charge in [0, 0.05) is 6.54 Å². The van der Waals surface area contributed by atoms with Gasteiger partial charge in [-0.3, -0.25) is 0 Å². The zero-order chi connectivity index (χ0) is 12.8. The Hall–Kier alpha value is -1.46. The fourth-order valence-corrected chi connectivity index (χ4v) is 1.40. The van der Waals surface area contributed by atoms with Crippen LogP contribution >= 0.6 is 0 Å². The van der Waals surface area contributed by atoms with Crippen LogP contribution in [0.25, 0.3) is 0 Å². The van der Waals surface area contributed by atoms with E-state index in [2.05, 4.69) is 0 Å². The van der Waals surface area contributed by atoms with Crippen molar-refractivity contribution in [3.05, 3.63) is 17.7 Å². The smallest absolute Gasteiger partial charge is 0.203 e. The predicted octanol–water partition coefficient (Wildman–Crippen LogP) is 0.711. The molecule has 0 aliphatic heterocycles. The van der Waals surface area contributed by atoms with Crippen LogP contribution in [0.1, 0.15) is 5.56 Å². The van der Waals surface area contributed by atoms with Crippen LogP contribution in [0.2, 0.25) is 0 Å². The first kappa shape index (κ1) is 13.6. The Bertz CT molecular complexity index is 343. The minimum atomic E-state index is -0.703. The summed E-state index contributed by atoms with van der Waals surface area (Å²) >= 11 is 0. The average molecular weight is 241 g/mol. The molecule has 1 aromatic carbocycles. The first-order chi connectivity index (χ1) is 8.12. The van der Waals surface area contributed by atoms with Crippen LogP contribution in [0.5, 0.6) is 17.2 Å². The van der Waals surface area contributed by atoms with Gasteiger partial charge in [0.2, 0.25) is 5.75 Å². The van der Waals surface area contributed by atoms with Crippen LogP contribution in [-0.2, 0) is 0 Å². The summed E-state index contributed by atoms with van der Waals surface area (Å²) in [4.78, 5) is 0. The summed E-state index contributed by atoms with van der Waals surface area (Å²) in [5.41, 5.74) is 6.31. The highest BCUT2D eigenvalue weighted by Crippen LogP contribution is 2.38. The molecule has 0 aliphatic rings. The van der Waals surface area contributed by atoms with Crippen molar-refractivity contribution in [3.63, 3.8) is 0 Å². The fraction of sp³-hybridized carbons (Fsp3) is 0.500. The number of methoxy groups -OCH3 is 2. The van der Waals surface area contributed by atoms with E-state index in [4.69, 9.17) is 19.9 Å². The number of benzene rings is 1. The highest BCUT2D eigenvalue weighted by Gasteiger charge is 2.14. The van der Waals surface area contributed by atoms with Gasteiger partial charge in [-0.2, -0.15) is 0 Å². The van der Waals surface area contributed by atoms with Gasteiger partial charge in [-0.05, 0) is 24.6 Å². The van der Waals surface area contributed by atoms with E-state index < -0.39 is 6.10 Å². The van der Waals surface area contributed by atoms with Crippen molar-refractivity contribution < 1.29 is 19.3 Å². The molecule has 1 rings (SSSR count). The van der Waals surface area contributed by atoms with Gasteiger partial charge < -0.3 is 25.1 Å². The van der Waals surface area contributed by atoms with Crippen molar-refractivity contribution in [2.75, 3.05) is 27.4 Å². The normalized spacial score (nSPS) is 12.1. The summed E-state index contributed by atoms with van der Waals surface area (Å²) in [6.07, 6.45) is -0.703. The molecule has 0 saturated heterocycles. The molecule has 0 aromatic heterocycles. The van der Waals surface area contributed by atoms with Gasteiger partial charge in [0.1, 0.15) is 12.7 Å². The summed E-state index contributed by atoms with van der Waals surface area (Å²) in [5.74, 6) is 1.63. The highest BCUT2D eigenvalue weighted by molar-refractivity contribution is 5.53. The first-order valence-corrected chi connectivity index (χ1v) is 5.36. The lowest BCUT2D eigenvalue weighted by atomic mass is 10.2. The molecule has 0 radical (unpaired) electrons. The number of hydrogen-bond donors (Lipinski definition) is 2. The van der Waals surface area contributed by atoms with Crippen molar-refractivity contribution in [1.29, 1.82) is 0 Å². The minimum absolute atomic E-state index is 0.103. The monoisotopic (exact) mass is 241 g/mol. The van der Waals surface area contributed by atoms with Crippen molar-refractivity contribution in [3.8, 4) is 17.2 Å². The van der Waals surface area contributed by atoms with Crippen molar-refractivity contribution >= 4 is 0 Å². The molecular weight excluding hydrogens is 222 g/mol. The largest absolute Gasteiger partial charge is 0.493 e. The lowest BCUT2D eigenvalue weighted by molar-refractivity contribution is 0.110.